The topological polar surface area (TPSA) is 166 Å². The van der Waals surface area contributed by atoms with Crippen LogP contribution in [0, 0.1) is 11.3 Å². The summed E-state index contributed by atoms with van der Waals surface area (Å²) in [7, 11) is 0. The van der Waals surface area contributed by atoms with Gasteiger partial charge in [0.15, 0.2) is 0 Å². The number of carbonyl (C=O) groups is 1. The number of nitriles is 1. The van der Waals surface area contributed by atoms with Crippen LogP contribution < -0.4 is 14.8 Å². The highest BCUT2D eigenvalue weighted by Gasteiger charge is 2.21. The summed E-state index contributed by atoms with van der Waals surface area (Å²) >= 11 is 13.9. The van der Waals surface area contributed by atoms with E-state index in [1.165, 1.54) is 11.8 Å². The second kappa shape index (κ2) is 18.2. The zero-order chi connectivity index (χ0) is 39.9. The number of aliphatic carboxylic acids is 1. The zero-order valence-electron chi connectivity index (χ0n) is 30.8. The molecule has 292 valence electrons. The summed E-state index contributed by atoms with van der Waals surface area (Å²) in [6.07, 6.45) is 5.43. The number of aliphatic hydroxyl groups excluding tert-OH is 2. The molecule has 0 saturated carbocycles. The number of aromatic nitrogens is 3. The second-order valence-corrected chi connectivity index (χ2v) is 14.7. The van der Waals surface area contributed by atoms with Gasteiger partial charge in [-0.15, -0.1) is 0 Å². The lowest BCUT2D eigenvalue weighted by Crippen LogP contribution is -2.39. The van der Waals surface area contributed by atoms with Crippen molar-refractivity contribution in [2.45, 2.75) is 51.4 Å². The van der Waals surface area contributed by atoms with Crippen LogP contribution in [0.15, 0.2) is 97.5 Å². The van der Waals surface area contributed by atoms with Gasteiger partial charge in [-0.3, -0.25) is 24.7 Å². The minimum absolute atomic E-state index is 0.0541. The van der Waals surface area contributed by atoms with E-state index in [2.05, 4.69) is 45.5 Å². The van der Waals surface area contributed by atoms with Gasteiger partial charge in [-0.2, -0.15) is 10.4 Å². The molecule has 0 bridgehead atoms. The number of nitrogens with zero attached hydrogens (tertiary/aromatic N) is 5. The van der Waals surface area contributed by atoms with Crippen molar-refractivity contribution in [1.82, 2.24) is 25.0 Å². The van der Waals surface area contributed by atoms with Gasteiger partial charge in [0.05, 0.1) is 41.6 Å². The molecule has 57 heavy (non-hydrogen) atoms. The highest BCUT2D eigenvalue weighted by atomic mass is 35.5. The first-order valence-corrected chi connectivity index (χ1v) is 19.1. The molecule has 1 fully saturated rings. The highest BCUT2D eigenvalue weighted by molar-refractivity contribution is 6.35. The van der Waals surface area contributed by atoms with Crippen LogP contribution in [0.2, 0.25) is 10.0 Å². The van der Waals surface area contributed by atoms with Gasteiger partial charge in [-0.25, -0.2) is 0 Å². The Hall–Kier alpha value is -5.52. The quantitative estimate of drug-likeness (QED) is 0.0835. The maximum Gasteiger partial charge on any atom is 0.323 e. The van der Waals surface area contributed by atoms with E-state index in [0.717, 1.165) is 47.1 Å². The number of halogens is 2. The van der Waals surface area contributed by atoms with Gasteiger partial charge in [-0.05, 0) is 59.0 Å². The number of β-amino-alcohol motifs (C(OH)–C–C–N with tert-alkyl or cyclic N) is 1. The summed E-state index contributed by atoms with van der Waals surface area (Å²) in [5, 5.41) is 47.5. The van der Waals surface area contributed by atoms with E-state index in [0.29, 0.717) is 56.9 Å². The number of carboxylic acids is 1. The van der Waals surface area contributed by atoms with E-state index in [1.807, 2.05) is 41.1 Å². The van der Waals surface area contributed by atoms with Crippen molar-refractivity contribution >= 4 is 40.1 Å². The third-order valence-corrected chi connectivity index (χ3v) is 10.6. The van der Waals surface area contributed by atoms with E-state index in [9.17, 15) is 25.4 Å². The molecule has 0 amide bonds. The van der Waals surface area contributed by atoms with Crippen LogP contribution in [0.4, 0.5) is 0 Å². The molecule has 4 aromatic carbocycles. The summed E-state index contributed by atoms with van der Waals surface area (Å²) in [5.74, 6) is -0.192. The van der Waals surface area contributed by atoms with Gasteiger partial charge in [-0.1, -0.05) is 71.7 Å². The molecule has 1 unspecified atom stereocenters. The molecule has 1 aliphatic rings. The molecule has 3 heterocycles. The normalized spacial score (nSPS) is 14.8. The lowest BCUT2D eigenvalue weighted by molar-refractivity contribution is -0.140. The SMILES string of the molecule is N#Cc1cncc(COc2cc(Cn3ncc4c(-c5cccc(OCc6ccc(CN7CC[C@@H](O)C7)cc6)c5Cl)cccc43)c(Cl)cc2CNC(CO)C(=O)O)c1. The molecular weight excluding hydrogens is 767 g/mol. The molecule has 1 saturated heterocycles. The first-order chi connectivity index (χ1) is 27.7. The summed E-state index contributed by atoms with van der Waals surface area (Å²) in [6.45, 7) is 2.60. The van der Waals surface area contributed by atoms with Crippen molar-refractivity contribution < 1.29 is 29.6 Å². The lowest BCUT2D eigenvalue weighted by Gasteiger charge is -2.18. The molecule has 14 heteroatoms. The van der Waals surface area contributed by atoms with E-state index in [1.54, 1.807) is 30.6 Å². The Kier molecular flexibility index (Phi) is 12.7. The molecule has 0 aliphatic carbocycles. The fourth-order valence-corrected chi connectivity index (χ4v) is 7.38. The molecule has 6 aromatic rings. The number of aliphatic hydroxyl groups is 2. The van der Waals surface area contributed by atoms with Crippen LogP contribution in [0.5, 0.6) is 11.5 Å². The van der Waals surface area contributed by atoms with Crippen LogP contribution in [0.25, 0.3) is 22.0 Å². The summed E-state index contributed by atoms with van der Waals surface area (Å²) < 4.78 is 14.3. The van der Waals surface area contributed by atoms with Crippen molar-refractivity contribution in [3.8, 4) is 28.7 Å². The number of rotatable bonds is 16. The maximum absolute atomic E-state index is 11.6. The van der Waals surface area contributed by atoms with Crippen LogP contribution in [0.3, 0.4) is 0 Å². The van der Waals surface area contributed by atoms with E-state index in [-0.39, 0.29) is 25.8 Å². The number of pyridine rings is 1. The molecular formula is C43H40Cl2N6O6. The van der Waals surface area contributed by atoms with E-state index in [4.69, 9.17) is 37.8 Å². The monoisotopic (exact) mass is 806 g/mol. The van der Waals surface area contributed by atoms with Gasteiger partial charge < -0.3 is 24.8 Å². The predicted molar refractivity (Wildman–Crippen MR) is 216 cm³/mol. The average molecular weight is 808 g/mol. The molecule has 2 atom stereocenters. The Balaban J connectivity index is 1.10. The Morgan fingerprint density at radius 3 is 2.42 bits per heavy atom. The molecule has 1 aliphatic heterocycles. The zero-order valence-corrected chi connectivity index (χ0v) is 32.3. The van der Waals surface area contributed by atoms with Gasteiger partial charge >= 0.3 is 5.97 Å². The molecule has 12 nitrogen and oxygen atoms in total. The first kappa shape index (κ1) is 39.7. The van der Waals surface area contributed by atoms with Crippen LogP contribution in [-0.2, 0) is 37.6 Å². The smallest absolute Gasteiger partial charge is 0.323 e. The van der Waals surface area contributed by atoms with Crippen LogP contribution in [0.1, 0.15) is 39.8 Å². The van der Waals surface area contributed by atoms with Gasteiger partial charge in [0, 0.05) is 65.7 Å². The number of fused-ring (bicyclic) bond motifs is 1. The van der Waals surface area contributed by atoms with Crippen molar-refractivity contribution in [3.05, 3.63) is 141 Å². The fourth-order valence-electron chi connectivity index (χ4n) is 6.85. The highest BCUT2D eigenvalue weighted by Crippen LogP contribution is 2.39. The Morgan fingerprint density at radius 2 is 1.67 bits per heavy atom. The predicted octanol–water partition coefficient (Wildman–Crippen LogP) is 6.58. The van der Waals surface area contributed by atoms with E-state index >= 15 is 0 Å². The average Bonchev–Trinajstić information content (AvgIpc) is 3.83. The number of likely N-dealkylation sites (tertiary alicyclic amines) is 1. The number of hydrogen-bond donors (Lipinski definition) is 4. The number of carboxylic acid groups (broad SMARTS) is 1. The lowest BCUT2D eigenvalue weighted by atomic mass is 10.0. The molecule has 4 N–H and O–H groups in total. The van der Waals surface area contributed by atoms with Crippen molar-refractivity contribution in [2.75, 3.05) is 19.7 Å². The Bertz CT molecular complexity index is 2420. The maximum atomic E-state index is 11.6. The third-order valence-electron chi connectivity index (χ3n) is 9.90. The first-order valence-electron chi connectivity index (χ1n) is 18.4. The third kappa shape index (κ3) is 9.55. The number of hydrogen-bond acceptors (Lipinski definition) is 10. The van der Waals surface area contributed by atoms with Crippen LogP contribution >= 0.6 is 23.2 Å². The summed E-state index contributed by atoms with van der Waals surface area (Å²) in [4.78, 5) is 17.9. The molecule has 2 aromatic heterocycles. The van der Waals surface area contributed by atoms with Gasteiger partial charge in [0.25, 0.3) is 0 Å². The van der Waals surface area contributed by atoms with Gasteiger partial charge in [0.2, 0.25) is 0 Å². The largest absolute Gasteiger partial charge is 0.489 e. The Morgan fingerprint density at radius 1 is 0.912 bits per heavy atom. The van der Waals surface area contributed by atoms with Crippen LogP contribution in [-0.4, -0.2) is 72.8 Å². The van der Waals surface area contributed by atoms with Crippen molar-refractivity contribution in [1.29, 1.82) is 5.26 Å². The van der Waals surface area contributed by atoms with Crippen molar-refractivity contribution in [3.63, 3.8) is 0 Å². The Labute approximate surface area is 339 Å². The van der Waals surface area contributed by atoms with Gasteiger partial charge in [0.1, 0.15) is 36.8 Å². The summed E-state index contributed by atoms with van der Waals surface area (Å²) in [6, 6.07) is 26.0. The second-order valence-electron chi connectivity index (χ2n) is 13.9. The number of ether oxygens (including phenoxy) is 2. The standard InChI is InChI=1S/C43H40Cl2N6O6/c44-37-14-31(19-48-38(24-52)43(54)55)41(57-26-30-13-29(16-46)17-47-18-30)15-32(37)22-51-39-5-1-3-34(36(39)20-49-51)35-4-2-6-40(42(35)45)56-25-28-9-7-27(8-10-28)21-50-12-11-33(53)23-50/h1-10,13-15,17-18,20,33,38,48,52-53H,11-12,19,21-26H2,(H,54,55)/t33-,38?/m1/s1. The number of nitrogens with one attached hydrogen (secondary N) is 1. The number of benzene rings is 4. The summed E-state index contributed by atoms with van der Waals surface area (Å²) in [5.41, 5.74) is 7.06. The van der Waals surface area contributed by atoms with E-state index < -0.39 is 18.6 Å². The minimum atomic E-state index is -1.19. The molecule has 7 rings (SSSR count). The molecule has 0 radical (unpaired) electrons. The molecule has 0 spiro atoms. The van der Waals surface area contributed by atoms with Crippen molar-refractivity contribution in [2.24, 2.45) is 0 Å². The minimum Gasteiger partial charge on any atom is -0.489 e. The fraction of sp³-hybridized carbons (Fsp3) is 0.256.